The smallest absolute Gasteiger partial charge is 0.122 e. The maximum atomic E-state index is 5.46. The Morgan fingerprint density at radius 1 is 1.27 bits per heavy atom. The van der Waals surface area contributed by atoms with Gasteiger partial charge in [-0.1, -0.05) is 18.2 Å². The number of benzene rings is 1. The van der Waals surface area contributed by atoms with Gasteiger partial charge in [-0.15, -0.1) is 0 Å². The average Bonchev–Trinajstić information content (AvgIpc) is 3.06. The lowest BCUT2D eigenvalue weighted by molar-refractivity contribution is 0.152. The third kappa shape index (κ3) is 5.32. The molecule has 1 aromatic carbocycles. The lowest BCUT2D eigenvalue weighted by atomic mass is 9.96. The number of rotatable bonds is 8. The van der Waals surface area contributed by atoms with Crippen LogP contribution in [0.4, 0.5) is 0 Å². The summed E-state index contributed by atoms with van der Waals surface area (Å²) in [5, 5.41) is 0. The molecule has 1 fully saturated rings. The predicted molar refractivity (Wildman–Crippen MR) is 106 cm³/mol. The van der Waals surface area contributed by atoms with Crippen LogP contribution in [0.2, 0.25) is 0 Å². The molecule has 1 aromatic heterocycles. The Bertz CT molecular complexity index is 676. The van der Waals surface area contributed by atoms with Crippen LogP contribution < -0.4 is 4.74 Å². The maximum Gasteiger partial charge on any atom is 0.122 e. The second-order valence-electron chi connectivity index (χ2n) is 7.56. The lowest BCUT2D eigenvalue weighted by Gasteiger charge is -2.33. The van der Waals surface area contributed by atoms with Gasteiger partial charge in [0, 0.05) is 25.0 Å². The van der Waals surface area contributed by atoms with Gasteiger partial charge in [0.1, 0.15) is 11.6 Å². The molecular formula is C21H32N4O. The zero-order chi connectivity index (χ0) is 18.4. The van der Waals surface area contributed by atoms with Crippen LogP contribution >= 0.6 is 0 Å². The standard InChI is InChI=1S/C21H32N4O/c1-17-14-22-21(23-17)16-24(2)15-18-8-11-25(12-9-18)13-10-19-6-4-5-7-20(19)26-3/h4-7,14,18H,8-13,15-16H2,1-3H3,(H,22,23). The molecule has 1 saturated heterocycles. The minimum absolute atomic E-state index is 0.790. The molecule has 0 saturated carbocycles. The van der Waals surface area contributed by atoms with Crippen LogP contribution in [0.1, 0.15) is 29.9 Å². The van der Waals surface area contributed by atoms with Crippen molar-refractivity contribution in [3.8, 4) is 5.75 Å². The van der Waals surface area contributed by atoms with Crippen LogP contribution in [-0.2, 0) is 13.0 Å². The number of nitrogens with zero attached hydrogens (tertiary/aromatic N) is 3. The van der Waals surface area contributed by atoms with Crippen LogP contribution in [0.25, 0.3) is 0 Å². The van der Waals surface area contributed by atoms with E-state index in [0.29, 0.717) is 0 Å². The van der Waals surface area contributed by atoms with E-state index < -0.39 is 0 Å². The summed E-state index contributed by atoms with van der Waals surface area (Å²) in [7, 11) is 3.96. The van der Waals surface area contributed by atoms with Crippen molar-refractivity contribution in [2.75, 3.05) is 40.3 Å². The molecule has 0 bridgehead atoms. The molecule has 2 heterocycles. The molecule has 0 radical (unpaired) electrons. The van der Waals surface area contributed by atoms with E-state index in [1.807, 2.05) is 12.3 Å². The fourth-order valence-electron chi connectivity index (χ4n) is 3.89. The highest BCUT2D eigenvalue weighted by Crippen LogP contribution is 2.21. The number of hydrogen-bond donors (Lipinski definition) is 1. The van der Waals surface area contributed by atoms with Gasteiger partial charge in [-0.25, -0.2) is 4.98 Å². The number of likely N-dealkylation sites (tertiary alicyclic amines) is 1. The molecule has 3 rings (SSSR count). The number of nitrogens with one attached hydrogen (secondary N) is 1. The summed E-state index contributed by atoms with van der Waals surface area (Å²) in [6.45, 7) is 7.63. The van der Waals surface area contributed by atoms with E-state index in [-0.39, 0.29) is 0 Å². The van der Waals surface area contributed by atoms with E-state index in [2.05, 4.69) is 51.9 Å². The Morgan fingerprint density at radius 3 is 2.73 bits per heavy atom. The first-order valence-corrected chi connectivity index (χ1v) is 9.67. The van der Waals surface area contributed by atoms with Crippen LogP contribution in [0.5, 0.6) is 5.75 Å². The summed E-state index contributed by atoms with van der Waals surface area (Å²) in [5.41, 5.74) is 2.45. The molecule has 0 amide bonds. The minimum atomic E-state index is 0.790. The highest BCUT2D eigenvalue weighted by molar-refractivity contribution is 5.33. The lowest BCUT2D eigenvalue weighted by Crippen LogP contribution is -2.38. The van der Waals surface area contributed by atoms with Crippen molar-refractivity contribution < 1.29 is 4.74 Å². The fourth-order valence-corrected chi connectivity index (χ4v) is 3.89. The van der Waals surface area contributed by atoms with E-state index in [1.165, 1.54) is 31.5 Å². The molecule has 2 aromatic rings. The van der Waals surface area contributed by atoms with Crippen molar-refractivity contribution >= 4 is 0 Å². The van der Waals surface area contributed by atoms with Crippen molar-refractivity contribution in [2.45, 2.75) is 32.7 Å². The third-order valence-electron chi connectivity index (χ3n) is 5.34. The number of aromatic nitrogens is 2. The molecule has 1 aliphatic rings. The first kappa shape index (κ1) is 18.9. The first-order valence-electron chi connectivity index (χ1n) is 9.67. The summed E-state index contributed by atoms with van der Waals surface area (Å²) in [6, 6.07) is 8.36. The van der Waals surface area contributed by atoms with E-state index in [1.54, 1.807) is 7.11 Å². The van der Waals surface area contributed by atoms with E-state index >= 15 is 0 Å². The topological polar surface area (TPSA) is 44.4 Å². The normalized spacial score (nSPS) is 16.3. The monoisotopic (exact) mass is 356 g/mol. The Kier molecular flexibility index (Phi) is 6.69. The summed E-state index contributed by atoms with van der Waals surface area (Å²) in [6.07, 6.45) is 5.54. The Labute approximate surface area is 157 Å². The van der Waals surface area contributed by atoms with E-state index in [9.17, 15) is 0 Å². The molecule has 1 N–H and O–H groups in total. The number of hydrogen-bond acceptors (Lipinski definition) is 4. The second-order valence-corrected chi connectivity index (χ2v) is 7.56. The largest absolute Gasteiger partial charge is 0.496 e. The van der Waals surface area contributed by atoms with Crippen LogP contribution in [0.15, 0.2) is 30.5 Å². The van der Waals surface area contributed by atoms with Gasteiger partial charge in [0.05, 0.1) is 13.7 Å². The van der Waals surface area contributed by atoms with Gasteiger partial charge in [0.25, 0.3) is 0 Å². The molecule has 142 valence electrons. The molecular weight excluding hydrogens is 324 g/mol. The summed E-state index contributed by atoms with van der Waals surface area (Å²) >= 11 is 0. The molecule has 5 nitrogen and oxygen atoms in total. The van der Waals surface area contributed by atoms with Gasteiger partial charge < -0.3 is 14.6 Å². The number of H-pyrrole nitrogens is 1. The van der Waals surface area contributed by atoms with Crippen LogP contribution in [0.3, 0.4) is 0 Å². The van der Waals surface area contributed by atoms with Gasteiger partial charge in [-0.3, -0.25) is 4.90 Å². The number of piperidine rings is 1. The summed E-state index contributed by atoms with van der Waals surface area (Å²) < 4.78 is 5.46. The predicted octanol–water partition coefficient (Wildman–Crippen LogP) is 3.11. The zero-order valence-electron chi connectivity index (χ0n) is 16.4. The highest BCUT2D eigenvalue weighted by Gasteiger charge is 2.20. The quantitative estimate of drug-likeness (QED) is 0.789. The van der Waals surface area contributed by atoms with Gasteiger partial charge in [0.2, 0.25) is 0 Å². The number of aromatic amines is 1. The van der Waals surface area contributed by atoms with Crippen LogP contribution in [-0.4, -0.2) is 60.1 Å². The number of aryl methyl sites for hydroxylation is 1. The molecule has 26 heavy (non-hydrogen) atoms. The van der Waals surface area contributed by atoms with Gasteiger partial charge in [-0.05, 0) is 63.9 Å². The van der Waals surface area contributed by atoms with Crippen molar-refractivity contribution in [1.29, 1.82) is 0 Å². The number of para-hydroxylation sites is 1. The highest BCUT2D eigenvalue weighted by atomic mass is 16.5. The average molecular weight is 357 g/mol. The molecule has 0 aliphatic carbocycles. The van der Waals surface area contributed by atoms with Crippen molar-refractivity contribution in [1.82, 2.24) is 19.8 Å². The summed E-state index contributed by atoms with van der Waals surface area (Å²) in [5.74, 6) is 2.87. The molecule has 0 atom stereocenters. The second kappa shape index (κ2) is 9.19. The Morgan fingerprint density at radius 2 is 2.04 bits per heavy atom. The first-order chi connectivity index (χ1) is 12.6. The Hall–Kier alpha value is -1.85. The fraction of sp³-hybridized carbons (Fsp3) is 0.571. The number of ether oxygens (including phenoxy) is 1. The maximum absolute atomic E-state index is 5.46. The molecule has 0 spiro atoms. The van der Waals surface area contributed by atoms with Gasteiger partial charge in [-0.2, -0.15) is 0 Å². The summed E-state index contributed by atoms with van der Waals surface area (Å²) in [4.78, 5) is 12.7. The van der Waals surface area contributed by atoms with Crippen molar-refractivity contribution in [3.05, 3.63) is 47.5 Å². The minimum Gasteiger partial charge on any atom is -0.496 e. The third-order valence-corrected chi connectivity index (χ3v) is 5.34. The molecule has 0 unspecified atom stereocenters. The number of imidazole rings is 1. The SMILES string of the molecule is COc1ccccc1CCN1CCC(CN(C)Cc2ncc(C)[nH]2)CC1. The van der Waals surface area contributed by atoms with E-state index in [4.69, 9.17) is 4.74 Å². The zero-order valence-corrected chi connectivity index (χ0v) is 16.4. The Balaban J connectivity index is 1.38. The van der Waals surface area contributed by atoms with Crippen molar-refractivity contribution in [3.63, 3.8) is 0 Å². The van der Waals surface area contributed by atoms with Crippen LogP contribution in [0, 0.1) is 12.8 Å². The van der Waals surface area contributed by atoms with Gasteiger partial charge in [0.15, 0.2) is 0 Å². The molecule has 1 aliphatic heterocycles. The van der Waals surface area contributed by atoms with Crippen molar-refractivity contribution in [2.24, 2.45) is 5.92 Å². The number of methoxy groups -OCH3 is 1. The van der Waals surface area contributed by atoms with E-state index in [0.717, 1.165) is 49.2 Å². The molecule has 5 heteroatoms. The van der Waals surface area contributed by atoms with Gasteiger partial charge >= 0.3 is 0 Å².